The van der Waals surface area contributed by atoms with Gasteiger partial charge in [-0.3, -0.25) is 4.99 Å². The highest BCUT2D eigenvalue weighted by Gasteiger charge is 2.14. The number of H-pyrrole nitrogens is 1. The van der Waals surface area contributed by atoms with Gasteiger partial charge in [-0.25, -0.2) is 0 Å². The molecule has 0 aliphatic rings. The molecule has 0 radical (unpaired) electrons. The van der Waals surface area contributed by atoms with Gasteiger partial charge >= 0.3 is 0 Å². The van der Waals surface area contributed by atoms with Crippen LogP contribution in [0.5, 0.6) is 0 Å². The van der Waals surface area contributed by atoms with Crippen LogP contribution in [0.2, 0.25) is 0 Å². The van der Waals surface area contributed by atoms with Crippen LogP contribution in [0.4, 0.5) is 5.69 Å². The van der Waals surface area contributed by atoms with E-state index in [-0.39, 0.29) is 5.41 Å². The van der Waals surface area contributed by atoms with Gasteiger partial charge in [0, 0.05) is 5.69 Å². The molecule has 2 nitrogen and oxygen atoms in total. The van der Waals surface area contributed by atoms with E-state index >= 15 is 0 Å². The van der Waals surface area contributed by atoms with Crippen molar-refractivity contribution in [3.05, 3.63) is 52.8 Å². The van der Waals surface area contributed by atoms with Crippen LogP contribution in [0.25, 0.3) is 0 Å². The number of hydrogen-bond donors (Lipinski definition) is 1. The van der Waals surface area contributed by atoms with Crippen molar-refractivity contribution in [2.75, 3.05) is 0 Å². The Labute approximate surface area is 141 Å². The summed E-state index contributed by atoms with van der Waals surface area (Å²) >= 11 is 0. The number of nitrogens with one attached hydrogen (secondary N) is 1. The molecule has 0 bridgehead atoms. The molecule has 0 unspecified atom stereocenters. The number of aromatic amines is 1. The summed E-state index contributed by atoms with van der Waals surface area (Å²) in [6.45, 7) is 15.6. The summed E-state index contributed by atoms with van der Waals surface area (Å²) in [5.74, 6) is 1.03. The molecule has 0 amide bonds. The predicted octanol–water partition coefficient (Wildman–Crippen LogP) is 6.31. The fraction of sp³-hybridized carbons (Fsp3) is 0.476. The molecule has 1 aromatic heterocycles. The number of nitrogens with zero attached hydrogens (tertiary/aromatic N) is 1. The molecule has 0 spiro atoms. The Bertz CT molecular complexity index is 639. The summed E-state index contributed by atoms with van der Waals surface area (Å²) in [5.41, 5.74) is 6.30. The van der Waals surface area contributed by atoms with E-state index in [1.807, 2.05) is 6.21 Å². The molecular weight excluding hydrogens is 280 g/mol. The van der Waals surface area contributed by atoms with Crippen LogP contribution >= 0.6 is 0 Å². The summed E-state index contributed by atoms with van der Waals surface area (Å²) < 4.78 is 0. The molecule has 2 heteroatoms. The lowest BCUT2D eigenvalue weighted by molar-refractivity contribution is 0.590. The molecule has 0 saturated heterocycles. The quantitative estimate of drug-likeness (QED) is 0.641. The molecule has 0 atom stereocenters. The second-order valence-electron chi connectivity index (χ2n) is 7.96. The average molecular weight is 310 g/mol. The maximum absolute atomic E-state index is 4.62. The summed E-state index contributed by atoms with van der Waals surface area (Å²) in [4.78, 5) is 8.14. The van der Waals surface area contributed by atoms with E-state index in [1.165, 1.54) is 16.8 Å². The van der Waals surface area contributed by atoms with Crippen molar-refractivity contribution >= 4 is 11.9 Å². The Morgan fingerprint density at radius 2 is 1.57 bits per heavy atom. The standard InChI is InChI=1S/C21H30N2/c1-14(2)19-12-18(23-20(19)15(3)4)13-22-17-10-8-16(9-11-17)21(5,6)7/h8-15,23H,1-7H3. The third-order valence-corrected chi connectivity index (χ3v) is 4.19. The Morgan fingerprint density at radius 1 is 0.957 bits per heavy atom. The minimum atomic E-state index is 0.181. The lowest BCUT2D eigenvalue weighted by Crippen LogP contribution is -2.10. The van der Waals surface area contributed by atoms with Crippen molar-refractivity contribution in [3.8, 4) is 0 Å². The highest BCUT2D eigenvalue weighted by atomic mass is 14.8. The van der Waals surface area contributed by atoms with E-state index in [2.05, 4.69) is 88.8 Å². The number of benzene rings is 1. The minimum Gasteiger partial charge on any atom is -0.357 e. The third kappa shape index (κ3) is 4.34. The monoisotopic (exact) mass is 310 g/mol. The summed E-state index contributed by atoms with van der Waals surface area (Å²) in [6, 6.07) is 10.7. The fourth-order valence-corrected chi connectivity index (χ4v) is 2.73. The first-order chi connectivity index (χ1) is 10.7. The summed E-state index contributed by atoms with van der Waals surface area (Å²) in [7, 11) is 0. The molecule has 1 aromatic carbocycles. The largest absolute Gasteiger partial charge is 0.357 e. The Balaban J connectivity index is 2.22. The van der Waals surface area contributed by atoms with E-state index in [0.29, 0.717) is 11.8 Å². The first-order valence-corrected chi connectivity index (χ1v) is 8.56. The van der Waals surface area contributed by atoms with Crippen molar-refractivity contribution in [2.45, 2.75) is 65.7 Å². The van der Waals surface area contributed by atoms with Crippen LogP contribution in [-0.4, -0.2) is 11.2 Å². The first-order valence-electron chi connectivity index (χ1n) is 8.56. The van der Waals surface area contributed by atoms with Gasteiger partial charge in [-0.15, -0.1) is 0 Å². The second-order valence-corrected chi connectivity index (χ2v) is 7.96. The zero-order valence-electron chi connectivity index (χ0n) is 15.6. The zero-order valence-corrected chi connectivity index (χ0v) is 15.6. The summed E-state index contributed by atoms with van der Waals surface area (Å²) in [6.07, 6.45) is 1.93. The van der Waals surface area contributed by atoms with Gasteiger partial charge in [0.2, 0.25) is 0 Å². The number of rotatable bonds is 4. The molecule has 2 aromatic rings. The molecule has 23 heavy (non-hydrogen) atoms. The van der Waals surface area contributed by atoms with Crippen LogP contribution in [0.1, 0.15) is 82.8 Å². The number of hydrogen-bond acceptors (Lipinski definition) is 1. The van der Waals surface area contributed by atoms with Crippen molar-refractivity contribution in [3.63, 3.8) is 0 Å². The van der Waals surface area contributed by atoms with E-state index in [4.69, 9.17) is 0 Å². The van der Waals surface area contributed by atoms with Crippen LogP contribution in [-0.2, 0) is 5.41 Å². The maximum Gasteiger partial charge on any atom is 0.0630 e. The Kier molecular flexibility index (Phi) is 5.13. The lowest BCUT2D eigenvalue weighted by Gasteiger charge is -2.18. The van der Waals surface area contributed by atoms with Gasteiger partial charge < -0.3 is 4.98 Å². The van der Waals surface area contributed by atoms with Crippen LogP contribution in [0, 0.1) is 0 Å². The van der Waals surface area contributed by atoms with Gasteiger partial charge in [-0.1, -0.05) is 60.6 Å². The Hall–Kier alpha value is -1.83. The van der Waals surface area contributed by atoms with Crippen LogP contribution in [0.15, 0.2) is 35.3 Å². The van der Waals surface area contributed by atoms with E-state index in [1.54, 1.807) is 0 Å². The SMILES string of the molecule is CC(C)c1cc(C=Nc2ccc(C(C)(C)C)cc2)[nH]c1C(C)C. The fourth-order valence-electron chi connectivity index (χ4n) is 2.73. The molecule has 0 aliphatic heterocycles. The van der Waals surface area contributed by atoms with Crippen molar-refractivity contribution < 1.29 is 0 Å². The topological polar surface area (TPSA) is 28.1 Å². The van der Waals surface area contributed by atoms with Crippen LogP contribution < -0.4 is 0 Å². The van der Waals surface area contributed by atoms with E-state index in [9.17, 15) is 0 Å². The van der Waals surface area contributed by atoms with Crippen molar-refractivity contribution in [1.29, 1.82) is 0 Å². The van der Waals surface area contributed by atoms with Gasteiger partial charge in [0.1, 0.15) is 0 Å². The van der Waals surface area contributed by atoms with E-state index < -0.39 is 0 Å². The molecule has 0 aliphatic carbocycles. The molecule has 2 rings (SSSR count). The molecule has 124 valence electrons. The smallest absolute Gasteiger partial charge is 0.0630 e. The number of aliphatic imine (C=N–C) groups is 1. The first kappa shape index (κ1) is 17.5. The molecular formula is C21H30N2. The van der Waals surface area contributed by atoms with Crippen molar-refractivity contribution in [1.82, 2.24) is 4.98 Å². The normalized spacial score (nSPS) is 12.7. The van der Waals surface area contributed by atoms with Gasteiger partial charge in [0.25, 0.3) is 0 Å². The highest BCUT2D eigenvalue weighted by molar-refractivity contribution is 5.80. The Morgan fingerprint density at radius 3 is 2.00 bits per heavy atom. The summed E-state index contributed by atoms with van der Waals surface area (Å²) in [5, 5.41) is 0. The van der Waals surface area contributed by atoms with E-state index in [0.717, 1.165) is 11.4 Å². The van der Waals surface area contributed by atoms with Gasteiger partial charge in [-0.2, -0.15) is 0 Å². The van der Waals surface area contributed by atoms with Crippen molar-refractivity contribution in [2.24, 2.45) is 4.99 Å². The number of aromatic nitrogens is 1. The van der Waals surface area contributed by atoms with Gasteiger partial charge in [0.15, 0.2) is 0 Å². The second kappa shape index (κ2) is 6.74. The average Bonchev–Trinajstić information content (AvgIpc) is 2.89. The molecule has 1 N–H and O–H groups in total. The highest BCUT2D eigenvalue weighted by Crippen LogP contribution is 2.27. The predicted molar refractivity (Wildman–Crippen MR) is 101 cm³/mol. The van der Waals surface area contributed by atoms with Gasteiger partial charge in [0.05, 0.1) is 17.6 Å². The van der Waals surface area contributed by atoms with Crippen LogP contribution in [0.3, 0.4) is 0 Å². The third-order valence-electron chi connectivity index (χ3n) is 4.19. The lowest BCUT2D eigenvalue weighted by atomic mass is 9.87. The molecule has 0 saturated carbocycles. The minimum absolute atomic E-state index is 0.181. The molecule has 1 heterocycles. The maximum atomic E-state index is 4.62. The zero-order chi connectivity index (χ0) is 17.2. The molecule has 0 fully saturated rings. The van der Waals surface area contributed by atoms with Gasteiger partial charge in [-0.05, 0) is 46.6 Å².